The second kappa shape index (κ2) is 9.79. The first-order valence-corrected chi connectivity index (χ1v) is 9.38. The number of halogens is 1. The Morgan fingerprint density at radius 3 is 2.33 bits per heavy atom. The summed E-state index contributed by atoms with van der Waals surface area (Å²) >= 11 is 5.85. The third-order valence-electron chi connectivity index (χ3n) is 4.26. The first kappa shape index (κ1) is 19.0. The topological polar surface area (TPSA) is 38.3 Å². The predicted molar refractivity (Wildman–Crippen MR) is 110 cm³/mol. The average molecular weight is 380 g/mol. The van der Waals surface area contributed by atoms with Gasteiger partial charge in [0.05, 0.1) is 6.54 Å². The number of rotatable bonds is 8. The van der Waals surface area contributed by atoms with Crippen LogP contribution in [0.5, 0.6) is 5.75 Å². The molecule has 1 N–H and O–H groups in total. The van der Waals surface area contributed by atoms with E-state index in [0.29, 0.717) is 18.2 Å². The number of hydrogen-bond donors (Lipinski definition) is 1. The van der Waals surface area contributed by atoms with Gasteiger partial charge in [0.15, 0.2) is 0 Å². The van der Waals surface area contributed by atoms with E-state index in [-0.39, 0.29) is 5.91 Å². The van der Waals surface area contributed by atoms with Crippen LogP contribution in [-0.4, -0.2) is 19.1 Å². The van der Waals surface area contributed by atoms with E-state index in [2.05, 4.69) is 17.4 Å². The van der Waals surface area contributed by atoms with E-state index in [0.717, 1.165) is 29.7 Å². The second-order valence-corrected chi connectivity index (χ2v) is 6.64. The van der Waals surface area contributed by atoms with E-state index in [4.69, 9.17) is 16.3 Å². The standard InChI is InChI=1S/C23H22ClNO2/c24-20-12-14-21(15-13-20)27-17-16-25-23(26)22-9-5-4-8-19(22)11-10-18-6-2-1-3-7-18/h1-9,12-15H,10-11,16-17H2,(H,25,26). The molecule has 0 radical (unpaired) electrons. The normalized spacial score (nSPS) is 10.4. The van der Waals surface area contributed by atoms with Crippen LogP contribution in [0.1, 0.15) is 21.5 Å². The number of carbonyl (C=O) groups is 1. The van der Waals surface area contributed by atoms with Crippen LogP contribution in [-0.2, 0) is 12.8 Å². The van der Waals surface area contributed by atoms with Crippen molar-refractivity contribution in [1.29, 1.82) is 0 Å². The van der Waals surface area contributed by atoms with E-state index in [1.807, 2.05) is 54.6 Å². The monoisotopic (exact) mass is 379 g/mol. The molecule has 0 saturated heterocycles. The van der Waals surface area contributed by atoms with Crippen LogP contribution in [0.2, 0.25) is 5.02 Å². The molecule has 0 heterocycles. The van der Waals surface area contributed by atoms with Crippen LogP contribution >= 0.6 is 11.6 Å². The summed E-state index contributed by atoms with van der Waals surface area (Å²) in [6, 6.07) is 25.2. The molecule has 0 aliphatic rings. The Labute approximate surface area is 164 Å². The molecule has 1 amide bonds. The predicted octanol–water partition coefficient (Wildman–Crippen LogP) is 4.93. The van der Waals surface area contributed by atoms with Crippen LogP contribution in [0, 0.1) is 0 Å². The highest BCUT2D eigenvalue weighted by atomic mass is 35.5. The molecule has 4 heteroatoms. The summed E-state index contributed by atoms with van der Waals surface area (Å²) in [4.78, 5) is 12.5. The van der Waals surface area contributed by atoms with Gasteiger partial charge in [-0.05, 0) is 54.3 Å². The van der Waals surface area contributed by atoms with Gasteiger partial charge in [-0.15, -0.1) is 0 Å². The molecule has 3 aromatic carbocycles. The molecule has 0 aliphatic heterocycles. The van der Waals surface area contributed by atoms with E-state index >= 15 is 0 Å². The van der Waals surface area contributed by atoms with Gasteiger partial charge in [0.2, 0.25) is 0 Å². The minimum Gasteiger partial charge on any atom is -0.492 e. The molecule has 0 unspecified atom stereocenters. The van der Waals surface area contributed by atoms with Gasteiger partial charge in [-0.2, -0.15) is 0 Å². The van der Waals surface area contributed by atoms with Gasteiger partial charge in [-0.25, -0.2) is 0 Å². The summed E-state index contributed by atoms with van der Waals surface area (Å²) < 4.78 is 5.61. The highest BCUT2D eigenvalue weighted by Crippen LogP contribution is 2.15. The van der Waals surface area contributed by atoms with Crippen molar-refractivity contribution in [3.05, 3.63) is 101 Å². The number of carbonyl (C=O) groups excluding carboxylic acids is 1. The molecular formula is C23H22ClNO2. The first-order chi connectivity index (χ1) is 13.2. The zero-order valence-electron chi connectivity index (χ0n) is 15.0. The largest absolute Gasteiger partial charge is 0.492 e. The maximum atomic E-state index is 12.5. The van der Waals surface area contributed by atoms with Gasteiger partial charge >= 0.3 is 0 Å². The van der Waals surface area contributed by atoms with Gasteiger partial charge < -0.3 is 10.1 Å². The summed E-state index contributed by atoms with van der Waals surface area (Å²) in [6.45, 7) is 0.841. The van der Waals surface area contributed by atoms with Crippen LogP contribution in [0.3, 0.4) is 0 Å². The summed E-state index contributed by atoms with van der Waals surface area (Å²) in [6.07, 6.45) is 1.74. The molecule has 138 valence electrons. The summed E-state index contributed by atoms with van der Waals surface area (Å²) in [5, 5.41) is 3.60. The lowest BCUT2D eigenvalue weighted by Gasteiger charge is -2.11. The fraction of sp³-hybridized carbons (Fsp3) is 0.174. The first-order valence-electron chi connectivity index (χ1n) is 9.01. The fourth-order valence-corrected chi connectivity index (χ4v) is 2.97. The van der Waals surface area contributed by atoms with Crippen LogP contribution in [0.4, 0.5) is 0 Å². The molecule has 0 fully saturated rings. The number of benzene rings is 3. The Balaban J connectivity index is 1.51. The Hall–Kier alpha value is -2.78. The fourth-order valence-electron chi connectivity index (χ4n) is 2.84. The van der Waals surface area contributed by atoms with Crippen molar-refractivity contribution in [2.45, 2.75) is 12.8 Å². The lowest BCUT2D eigenvalue weighted by atomic mass is 9.99. The van der Waals surface area contributed by atoms with Crippen molar-refractivity contribution < 1.29 is 9.53 Å². The maximum absolute atomic E-state index is 12.5. The molecule has 3 rings (SSSR count). The van der Waals surface area contributed by atoms with Crippen molar-refractivity contribution in [3.63, 3.8) is 0 Å². The van der Waals surface area contributed by atoms with E-state index in [1.165, 1.54) is 5.56 Å². The molecular weight excluding hydrogens is 358 g/mol. The minimum absolute atomic E-state index is 0.0710. The average Bonchev–Trinajstić information content (AvgIpc) is 2.72. The van der Waals surface area contributed by atoms with Crippen molar-refractivity contribution in [2.75, 3.05) is 13.2 Å². The van der Waals surface area contributed by atoms with Crippen LogP contribution in [0.25, 0.3) is 0 Å². The molecule has 0 aliphatic carbocycles. The number of amides is 1. The van der Waals surface area contributed by atoms with Gasteiger partial charge in [0, 0.05) is 10.6 Å². The highest BCUT2D eigenvalue weighted by Gasteiger charge is 2.10. The van der Waals surface area contributed by atoms with Gasteiger partial charge in [-0.1, -0.05) is 60.1 Å². The number of aryl methyl sites for hydroxylation is 2. The maximum Gasteiger partial charge on any atom is 0.251 e. The van der Waals surface area contributed by atoms with E-state index in [1.54, 1.807) is 12.1 Å². The quantitative estimate of drug-likeness (QED) is 0.563. The van der Waals surface area contributed by atoms with Crippen LogP contribution < -0.4 is 10.1 Å². The highest BCUT2D eigenvalue weighted by molar-refractivity contribution is 6.30. The molecule has 3 nitrogen and oxygen atoms in total. The molecule has 0 atom stereocenters. The minimum atomic E-state index is -0.0710. The smallest absolute Gasteiger partial charge is 0.251 e. The van der Waals surface area contributed by atoms with Gasteiger partial charge in [-0.3, -0.25) is 4.79 Å². The van der Waals surface area contributed by atoms with Crippen molar-refractivity contribution in [2.24, 2.45) is 0 Å². The Bertz CT molecular complexity index is 863. The molecule has 3 aromatic rings. The van der Waals surface area contributed by atoms with E-state index in [9.17, 15) is 4.79 Å². The van der Waals surface area contributed by atoms with Gasteiger partial charge in [0.1, 0.15) is 12.4 Å². The third-order valence-corrected chi connectivity index (χ3v) is 4.51. The van der Waals surface area contributed by atoms with Crippen molar-refractivity contribution >= 4 is 17.5 Å². The summed E-state index contributed by atoms with van der Waals surface area (Å²) in [5.41, 5.74) is 3.04. The Morgan fingerprint density at radius 2 is 1.56 bits per heavy atom. The SMILES string of the molecule is O=C(NCCOc1ccc(Cl)cc1)c1ccccc1CCc1ccccc1. The lowest BCUT2D eigenvalue weighted by Crippen LogP contribution is -2.29. The van der Waals surface area contributed by atoms with Gasteiger partial charge in [0.25, 0.3) is 5.91 Å². The second-order valence-electron chi connectivity index (χ2n) is 6.20. The Morgan fingerprint density at radius 1 is 0.852 bits per heavy atom. The molecule has 0 aromatic heterocycles. The van der Waals surface area contributed by atoms with Crippen molar-refractivity contribution in [1.82, 2.24) is 5.32 Å². The number of ether oxygens (including phenoxy) is 1. The number of hydrogen-bond acceptors (Lipinski definition) is 2. The van der Waals surface area contributed by atoms with E-state index < -0.39 is 0 Å². The summed E-state index contributed by atoms with van der Waals surface area (Å²) in [7, 11) is 0. The number of nitrogens with one attached hydrogen (secondary N) is 1. The molecule has 0 bridgehead atoms. The Kier molecular flexibility index (Phi) is 6.89. The zero-order chi connectivity index (χ0) is 18.9. The van der Waals surface area contributed by atoms with Crippen LogP contribution in [0.15, 0.2) is 78.9 Å². The molecule has 27 heavy (non-hydrogen) atoms. The lowest BCUT2D eigenvalue weighted by molar-refractivity contribution is 0.0946. The third kappa shape index (κ3) is 5.87. The summed E-state index contributed by atoms with van der Waals surface area (Å²) in [5.74, 6) is 0.662. The molecule has 0 saturated carbocycles. The molecule has 0 spiro atoms. The van der Waals surface area contributed by atoms with Crippen molar-refractivity contribution in [3.8, 4) is 5.75 Å². The zero-order valence-corrected chi connectivity index (χ0v) is 15.8.